The fourth-order valence-electron chi connectivity index (χ4n) is 2.17. The van der Waals surface area contributed by atoms with Crippen LogP contribution in [0.2, 0.25) is 0 Å². The van der Waals surface area contributed by atoms with Crippen molar-refractivity contribution in [1.29, 1.82) is 0 Å². The zero-order chi connectivity index (χ0) is 17.9. The van der Waals surface area contributed by atoms with Gasteiger partial charge in [0.2, 0.25) is 0 Å². The number of phenols is 1. The molecule has 2 aromatic carbocycles. The van der Waals surface area contributed by atoms with E-state index in [4.69, 9.17) is 0 Å². The van der Waals surface area contributed by atoms with E-state index in [1.54, 1.807) is 12.1 Å². The molecule has 2 rings (SSSR count). The normalized spacial score (nSPS) is 11.0. The smallest absolute Gasteiger partial charge is 0.251 e. The van der Waals surface area contributed by atoms with E-state index in [9.17, 15) is 9.90 Å². The molecule has 0 saturated carbocycles. The minimum absolute atomic E-state index is 0.142. The van der Waals surface area contributed by atoms with Gasteiger partial charge in [-0.25, -0.2) is 4.99 Å². The number of hydrogen-bond acceptors (Lipinski definition) is 3. The molecule has 6 nitrogen and oxygen atoms in total. The number of nitrogens with one attached hydrogen (secondary N) is 3. The minimum Gasteiger partial charge on any atom is -0.508 e. The van der Waals surface area contributed by atoms with Crippen LogP contribution in [0, 0.1) is 0 Å². The second kappa shape index (κ2) is 9.97. The summed E-state index contributed by atoms with van der Waals surface area (Å²) >= 11 is 0. The SMILES string of the molecule is CCNC(=NCc1ccccc1)NCCNC(=O)c1ccc(O)cc1. The van der Waals surface area contributed by atoms with Crippen LogP contribution in [-0.4, -0.2) is 36.6 Å². The van der Waals surface area contributed by atoms with Gasteiger partial charge in [-0.3, -0.25) is 4.79 Å². The van der Waals surface area contributed by atoms with Gasteiger partial charge < -0.3 is 21.1 Å². The molecule has 0 aromatic heterocycles. The predicted octanol–water partition coefficient (Wildman–Crippen LogP) is 1.88. The molecule has 6 heteroatoms. The number of carbonyl (C=O) groups excluding carboxylic acids is 1. The lowest BCUT2D eigenvalue weighted by atomic mass is 10.2. The quantitative estimate of drug-likeness (QED) is 0.352. The van der Waals surface area contributed by atoms with Gasteiger partial charge in [0, 0.05) is 25.2 Å². The molecule has 4 N–H and O–H groups in total. The summed E-state index contributed by atoms with van der Waals surface area (Å²) in [5, 5.41) is 18.4. The fourth-order valence-corrected chi connectivity index (χ4v) is 2.17. The van der Waals surface area contributed by atoms with Crippen LogP contribution in [0.5, 0.6) is 5.75 Å². The van der Waals surface area contributed by atoms with Gasteiger partial charge in [0.1, 0.15) is 5.75 Å². The number of phenolic OH excluding ortho intramolecular Hbond substituents is 1. The summed E-state index contributed by atoms with van der Waals surface area (Å²) in [4.78, 5) is 16.5. The average Bonchev–Trinajstić information content (AvgIpc) is 2.64. The Morgan fingerprint density at radius 1 is 0.960 bits per heavy atom. The first kappa shape index (κ1) is 18.3. The zero-order valence-corrected chi connectivity index (χ0v) is 14.3. The number of aliphatic imine (C=N–C) groups is 1. The van der Waals surface area contributed by atoms with Crippen LogP contribution < -0.4 is 16.0 Å². The van der Waals surface area contributed by atoms with Crippen molar-refractivity contribution in [2.45, 2.75) is 13.5 Å². The summed E-state index contributed by atoms with van der Waals surface area (Å²) in [6.07, 6.45) is 0. The molecule has 0 bridgehead atoms. The van der Waals surface area contributed by atoms with Crippen molar-refractivity contribution in [3.05, 3.63) is 65.7 Å². The van der Waals surface area contributed by atoms with E-state index in [0.717, 1.165) is 12.1 Å². The van der Waals surface area contributed by atoms with Crippen molar-refractivity contribution in [2.75, 3.05) is 19.6 Å². The Balaban J connectivity index is 1.77. The maximum absolute atomic E-state index is 12.0. The van der Waals surface area contributed by atoms with Crippen LogP contribution in [0.1, 0.15) is 22.8 Å². The summed E-state index contributed by atoms with van der Waals surface area (Å²) < 4.78 is 0. The highest BCUT2D eigenvalue weighted by molar-refractivity contribution is 5.94. The third-order valence-electron chi connectivity index (χ3n) is 3.44. The van der Waals surface area contributed by atoms with Gasteiger partial charge in [0.25, 0.3) is 5.91 Å². The standard InChI is InChI=1S/C19H24N4O2/c1-2-20-19(23-14-15-6-4-3-5-7-15)22-13-12-21-18(25)16-8-10-17(24)11-9-16/h3-11,24H,2,12-14H2,1H3,(H,21,25)(H2,20,22,23). The Hall–Kier alpha value is -3.02. The molecular formula is C19H24N4O2. The highest BCUT2D eigenvalue weighted by Crippen LogP contribution is 2.09. The van der Waals surface area contributed by atoms with Crippen LogP contribution in [-0.2, 0) is 6.54 Å². The third-order valence-corrected chi connectivity index (χ3v) is 3.44. The Labute approximate surface area is 148 Å². The highest BCUT2D eigenvalue weighted by atomic mass is 16.3. The summed E-state index contributed by atoms with van der Waals surface area (Å²) in [6, 6.07) is 16.2. The predicted molar refractivity (Wildman–Crippen MR) is 99.7 cm³/mol. The van der Waals surface area contributed by atoms with Gasteiger partial charge >= 0.3 is 0 Å². The number of amides is 1. The van der Waals surface area contributed by atoms with E-state index in [1.807, 2.05) is 37.3 Å². The average molecular weight is 340 g/mol. The van der Waals surface area contributed by atoms with Gasteiger partial charge in [-0.15, -0.1) is 0 Å². The molecule has 0 fully saturated rings. The first-order chi connectivity index (χ1) is 12.2. The number of nitrogens with zero attached hydrogens (tertiary/aromatic N) is 1. The zero-order valence-electron chi connectivity index (χ0n) is 14.3. The molecule has 0 unspecified atom stereocenters. The minimum atomic E-state index is -0.173. The monoisotopic (exact) mass is 340 g/mol. The van der Waals surface area contributed by atoms with Crippen molar-refractivity contribution >= 4 is 11.9 Å². The number of guanidine groups is 1. The number of benzene rings is 2. The topological polar surface area (TPSA) is 85.8 Å². The van der Waals surface area contributed by atoms with Crippen molar-refractivity contribution in [3.8, 4) is 5.75 Å². The van der Waals surface area contributed by atoms with Crippen molar-refractivity contribution in [3.63, 3.8) is 0 Å². The van der Waals surface area contributed by atoms with Crippen molar-refractivity contribution in [1.82, 2.24) is 16.0 Å². The van der Waals surface area contributed by atoms with E-state index < -0.39 is 0 Å². The van der Waals surface area contributed by atoms with Crippen LogP contribution in [0.15, 0.2) is 59.6 Å². The molecule has 132 valence electrons. The molecule has 0 spiro atoms. The van der Waals surface area contributed by atoms with Gasteiger partial charge in [0.15, 0.2) is 5.96 Å². The van der Waals surface area contributed by atoms with Crippen molar-refractivity contribution in [2.24, 2.45) is 4.99 Å². The van der Waals surface area contributed by atoms with E-state index in [0.29, 0.717) is 31.2 Å². The lowest BCUT2D eigenvalue weighted by molar-refractivity contribution is 0.0954. The largest absolute Gasteiger partial charge is 0.508 e. The molecule has 0 heterocycles. The molecular weight excluding hydrogens is 316 g/mol. The molecule has 0 aliphatic rings. The fraction of sp³-hybridized carbons (Fsp3) is 0.263. The van der Waals surface area contributed by atoms with Gasteiger partial charge in [-0.1, -0.05) is 30.3 Å². The highest BCUT2D eigenvalue weighted by Gasteiger charge is 2.04. The van der Waals surface area contributed by atoms with E-state index in [1.165, 1.54) is 12.1 Å². The second-order valence-corrected chi connectivity index (χ2v) is 5.41. The van der Waals surface area contributed by atoms with E-state index in [2.05, 4.69) is 20.9 Å². The summed E-state index contributed by atoms with van der Waals surface area (Å²) in [6.45, 7) is 4.39. The Morgan fingerprint density at radius 2 is 1.64 bits per heavy atom. The van der Waals surface area contributed by atoms with Crippen LogP contribution in [0.3, 0.4) is 0 Å². The Bertz CT molecular complexity index is 684. The molecule has 0 aliphatic heterocycles. The Kier molecular flexibility index (Phi) is 7.31. The first-order valence-corrected chi connectivity index (χ1v) is 8.32. The van der Waals surface area contributed by atoms with Gasteiger partial charge in [0.05, 0.1) is 6.54 Å². The molecule has 0 atom stereocenters. The molecule has 0 saturated heterocycles. The van der Waals surface area contributed by atoms with Crippen LogP contribution in [0.25, 0.3) is 0 Å². The number of aromatic hydroxyl groups is 1. The van der Waals surface area contributed by atoms with E-state index >= 15 is 0 Å². The number of rotatable bonds is 7. The van der Waals surface area contributed by atoms with Gasteiger partial charge in [-0.05, 0) is 36.8 Å². The lowest BCUT2D eigenvalue weighted by Crippen LogP contribution is -2.41. The number of hydrogen-bond donors (Lipinski definition) is 4. The van der Waals surface area contributed by atoms with Gasteiger partial charge in [-0.2, -0.15) is 0 Å². The summed E-state index contributed by atoms with van der Waals surface area (Å²) in [7, 11) is 0. The number of carbonyl (C=O) groups is 1. The molecule has 25 heavy (non-hydrogen) atoms. The van der Waals surface area contributed by atoms with Crippen molar-refractivity contribution < 1.29 is 9.90 Å². The summed E-state index contributed by atoms with van der Waals surface area (Å²) in [5.74, 6) is 0.682. The van der Waals surface area contributed by atoms with Crippen LogP contribution >= 0.6 is 0 Å². The second-order valence-electron chi connectivity index (χ2n) is 5.41. The maximum atomic E-state index is 12.0. The maximum Gasteiger partial charge on any atom is 0.251 e. The molecule has 0 aliphatic carbocycles. The third kappa shape index (κ3) is 6.55. The molecule has 0 radical (unpaired) electrons. The van der Waals surface area contributed by atoms with E-state index in [-0.39, 0.29) is 11.7 Å². The summed E-state index contributed by atoms with van der Waals surface area (Å²) in [5.41, 5.74) is 1.66. The first-order valence-electron chi connectivity index (χ1n) is 8.32. The molecule has 1 amide bonds. The van der Waals surface area contributed by atoms with Crippen LogP contribution in [0.4, 0.5) is 0 Å². The lowest BCUT2D eigenvalue weighted by Gasteiger charge is -2.12. The Morgan fingerprint density at radius 3 is 2.32 bits per heavy atom. The molecule has 2 aromatic rings.